The van der Waals surface area contributed by atoms with Crippen LogP contribution in [0.15, 0.2) is 35.0 Å². The van der Waals surface area contributed by atoms with E-state index in [1.54, 1.807) is 12.1 Å². The van der Waals surface area contributed by atoms with Gasteiger partial charge in [0.15, 0.2) is 5.76 Å². The van der Waals surface area contributed by atoms with E-state index >= 15 is 0 Å². The highest BCUT2D eigenvalue weighted by molar-refractivity contribution is 7.71. The van der Waals surface area contributed by atoms with Crippen LogP contribution in [0.2, 0.25) is 0 Å². The molecule has 3 nitrogen and oxygen atoms in total. The number of furan rings is 1. The summed E-state index contributed by atoms with van der Waals surface area (Å²) in [6, 6.07) is 6.20. The third-order valence-corrected chi connectivity index (χ3v) is 3.22. The number of H-pyrrole nitrogens is 1. The lowest BCUT2D eigenvalue weighted by atomic mass is 10.2. The number of benzene rings is 1. The normalized spacial score (nSPS) is 11.0. The molecule has 0 aliphatic rings. The van der Waals surface area contributed by atoms with Crippen molar-refractivity contribution >= 4 is 23.2 Å². The molecule has 0 aliphatic carbocycles. The van der Waals surface area contributed by atoms with E-state index in [9.17, 15) is 4.39 Å². The van der Waals surface area contributed by atoms with Crippen molar-refractivity contribution in [3.05, 3.63) is 46.6 Å². The van der Waals surface area contributed by atoms with Crippen molar-refractivity contribution in [3.8, 4) is 11.5 Å². The maximum atomic E-state index is 13.1. The van der Waals surface area contributed by atoms with Gasteiger partial charge in [-0.1, -0.05) is 12.2 Å². The molecule has 0 saturated heterocycles. The first-order chi connectivity index (χ1) is 8.65. The van der Waals surface area contributed by atoms with Crippen LogP contribution < -0.4 is 0 Å². The fraction of sp³-hybridized carbons (Fsp3) is 0.0769. The second-order valence-electron chi connectivity index (χ2n) is 4.00. The highest BCUT2D eigenvalue weighted by Gasteiger charge is 2.10. The van der Waals surface area contributed by atoms with Crippen molar-refractivity contribution in [2.24, 2.45) is 0 Å². The quantitative estimate of drug-likeness (QED) is 0.672. The van der Waals surface area contributed by atoms with Crippen molar-refractivity contribution in [3.63, 3.8) is 0 Å². The number of fused-ring (bicyclic) bond motifs is 1. The summed E-state index contributed by atoms with van der Waals surface area (Å²) in [5.74, 6) is 0.343. The molecule has 3 rings (SSSR count). The van der Waals surface area contributed by atoms with E-state index in [-0.39, 0.29) is 5.82 Å². The monoisotopic (exact) mass is 260 g/mol. The summed E-state index contributed by atoms with van der Waals surface area (Å²) in [6.45, 7) is 1.87. The standard InChI is InChI=1S/C13H9FN2OS/c1-7-12(15-6-16-13(7)18)11-5-8-4-9(14)2-3-10(8)17-11/h2-6H,1H3,(H,15,16,18). The van der Waals surface area contributed by atoms with Gasteiger partial charge in [0.05, 0.1) is 12.0 Å². The van der Waals surface area contributed by atoms with Gasteiger partial charge in [0.1, 0.15) is 16.0 Å². The summed E-state index contributed by atoms with van der Waals surface area (Å²) in [6.07, 6.45) is 1.53. The van der Waals surface area contributed by atoms with E-state index in [0.717, 1.165) is 16.6 Å². The fourth-order valence-electron chi connectivity index (χ4n) is 1.86. The van der Waals surface area contributed by atoms with Crippen molar-refractivity contribution in [1.29, 1.82) is 0 Å². The van der Waals surface area contributed by atoms with E-state index in [0.29, 0.717) is 16.0 Å². The molecule has 5 heteroatoms. The number of nitrogens with zero attached hydrogens (tertiary/aromatic N) is 1. The number of rotatable bonds is 1. The Morgan fingerprint density at radius 3 is 3.00 bits per heavy atom. The van der Waals surface area contributed by atoms with E-state index in [1.165, 1.54) is 18.5 Å². The van der Waals surface area contributed by atoms with Gasteiger partial charge in [0, 0.05) is 10.9 Å². The number of aromatic nitrogens is 2. The molecule has 2 aromatic heterocycles. The van der Waals surface area contributed by atoms with Gasteiger partial charge in [-0.05, 0) is 31.2 Å². The van der Waals surface area contributed by atoms with Gasteiger partial charge in [-0.15, -0.1) is 0 Å². The molecule has 1 aromatic carbocycles. The van der Waals surface area contributed by atoms with Crippen molar-refractivity contribution in [1.82, 2.24) is 9.97 Å². The summed E-state index contributed by atoms with van der Waals surface area (Å²) in [7, 11) is 0. The van der Waals surface area contributed by atoms with Crippen molar-refractivity contribution in [2.45, 2.75) is 6.92 Å². The minimum Gasteiger partial charge on any atom is -0.455 e. The smallest absolute Gasteiger partial charge is 0.152 e. The zero-order chi connectivity index (χ0) is 12.7. The first-order valence-electron chi connectivity index (χ1n) is 5.39. The Hall–Kier alpha value is -2.01. The predicted octanol–water partition coefficient (Wildman–Crippen LogP) is 4.00. The molecule has 3 aromatic rings. The molecule has 18 heavy (non-hydrogen) atoms. The summed E-state index contributed by atoms with van der Waals surface area (Å²) < 4.78 is 19.3. The molecule has 0 atom stereocenters. The van der Waals surface area contributed by atoms with Gasteiger partial charge >= 0.3 is 0 Å². The van der Waals surface area contributed by atoms with Gasteiger partial charge < -0.3 is 9.40 Å². The van der Waals surface area contributed by atoms with Gasteiger partial charge in [-0.3, -0.25) is 0 Å². The first-order valence-corrected chi connectivity index (χ1v) is 5.80. The van der Waals surface area contributed by atoms with E-state index < -0.39 is 0 Å². The molecule has 0 spiro atoms. The minimum atomic E-state index is -0.283. The SMILES string of the molecule is Cc1c(-c2cc3cc(F)ccc3o2)[nH]cnc1=S. The van der Waals surface area contributed by atoms with Crippen LogP contribution in [-0.2, 0) is 0 Å². The third kappa shape index (κ3) is 1.73. The van der Waals surface area contributed by atoms with Crippen LogP contribution in [-0.4, -0.2) is 9.97 Å². The molecule has 90 valence electrons. The number of halogens is 1. The summed E-state index contributed by atoms with van der Waals surface area (Å²) in [4.78, 5) is 6.99. The summed E-state index contributed by atoms with van der Waals surface area (Å²) in [5, 5.41) is 0.723. The molecule has 0 bridgehead atoms. The molecular weight excluding hydrogens is 251 g/mol. The van der Waals surface area contributed by atoms with Crippen LogP contribution in [0.5, 0.6) is 0 Å². The van der Waals surface area contributed by atoms with Gasteiger partial charge in [-0.25, -0.2) is 9.37 Å². The Morgan fingerprint density at radius 2 is 2.17 bits per heavy atom. The summed E-state index contributed by atoms with van der Waals surface area (Å²) in [5.41, 5.74) is 2.25. The van der Waals surface area contributed by atoms with Crippen LogP contribution >= 0.6 is 12.2 Å². The molecule has 0 aliphatic heterocycles. The minimum absolute atomic E-state index is 0.283. The maximum Gasteiger partial charge on any atom is 0.152 e. The van der Waals surface area contributed by atoms with Gasteiger partial charge in [-0.2, -0.15) is 0 Å². The first kappa shape index (κ1) is 11.1. The Kier molecular flexibility index (Phi) is 2.48. The number of aromatic amines is 1. The topological polar surface area (TPSA) is 41.8 Å². The molecule has 0 radical (unpaired) electrons. The van der Waals surface area contributed by atoms with Gasteiger partial charge in [0.2, 0.25) is 0 Å². The number of hydrogen-bond acceptors (Lipinski definition) is 3. The highest BCUT2D eigenvalue weighted by Crippen LogP contribution is 2.28. The van der Waals surface area contributed by atoms with Crippen LogP contribution in [0, 0.1) is 17.4 Å². The molecule has 0 unspecified atom stereocenters. The van der Waals surface area contributed by atoms with E-state index in [2.05, 4.69) is 9.97 Å². The largest absolute Gasteiger partial charge is 0.455 e. The van der Waals surface area contributed by atoms with Crippen LogP contribution in [0.3, 0.4) is 0 Å². The maximum absolute atomic E-state index is 13.1. The average molecular weight is 260 g/mol. The van der Waals surface area contributed by atoms with Gasteiger partial charge in [0.25, 0.3) is 0 Å². The molecule has 1 N–H and O–H groups in total. The third-order valence-electron chi connectivity index (χ3n) is 2.81. The van der Waals surface area contributed by atoms with Crippen LogP contribution in [0.4, 0.5) is 4.39 Å². The molecule has 0 amide bonds. The Labute approximate surface area is 107 Å². The zero-order valence-electron chi connectivity index (χ0n) is 9.53. The fourth-order valence-corrected chi connectivity index (χ4v) is 2.02. The number of nitrogens with one attached hydrogen (secondary N) is 1. The Balaban J connectivity index is 2.26. The number of hydrogen-bond donors (Lipinski definition) is 1. The molecule has 2 heterocycles. The predicted molar refractivity (Wildman–Crippen MR) is 69.3 cm³/mol. The second kappa shape index (κ2) is 4.03. The molecule has 0 saturated carbocycles. The lowest BCUT2D eigenvalue weighted by Crippen LogP contribution is -1.89. The lowest BCUT2D eigenvalue weighted by Gasteiger charge is -2.00. The van der Waals surface area contributed by atoms with Crippen LogP contribution in [0.1, 0.15) is 5.56 Å². The highest BCUT2D eigenvalue weighted by atomic mass is 32.1. The zero-order valence-corrected chi connectivity index (χ0v) is 10.3. The van der Waals surface area contributed by atoms with Crippen LogP contribution in [0.25, 0.3) is 22.4 Å². The van der Waals surface area contributed by atoms with Crippen molar-refractivity contribution < 1.29 is 8.81 Å². The van der Waals surface area contributed by atoms with E-state index in [4.69, 9.17) is 16.6 Å². The Bertz CT molecular complexity index is 791. The molecule has 0 fully saturated rings. The summed E-state index contributed by atoms with van der Waals surface area (Å²) >= 11 is 5.11. The molecular formula is C13H9FN2OS. The van der Waals surface area contributed by atoms with Crippen molar-refractivity contribution in [2.75, 3.05) is 0 Å². The lowest BCUT2D eigenvalue weighted by molar-refractivity contribution is 0.617. The van der Waals surface area contributed by atoms with E-state index in [1.807, 2.05) is 6.92 Å². The Morgan fingerprint density at radius 1 is 1.33 bits per heavy atom. The average Bonchev–Trinajstić information content (AvgIpc) is 2.75. The second-order valence-corrected chi connectivity index (χ2v) is 4.39.